The van der Waals surface area contributed by atoms with Crippen molar-refractivity contribution in [1.82, 2.24) is 5.32 Å². The molecule has 2 aromatic rings. The molecule has 0 unspecified atom stereocenters. The Labute approximate surface area is 164 Å². The summed E-state index contributed by atoms with van der Waals surface area (Å²) in [7, 11) is 0. The number of halogens is 5. The number of nitrogens with one attached hydrogen (secondary N) is 1. The maximum absolute atomic E-state index is 14.0. The van der Waals surface area contributed by atoms with Crippen LogP contribution in [0.25, 0.3) is 0 Å². The predicted octanol–water partition coefficient (Wildman–Crippen LogP) is 4.96. The number of hydrogen-bond acceptors (Lipinski definition) is 2. The highest BCUT2D eigenvalue weighted by atomic mass is 35.5. The van der Waals surface area contributed by atoms with Crippen LogP contribution in [0, 0.1) is 11.6 Å². The molecule has 0 bridgehead atoms. The molecule has 1 amide bonds. The normalized spacial score (nSPS) is 17.3. The maximum atomic E-state index is 14.0. The molecule has 0 aromatic heterocycles. The highest BCUT2D eigenvalue weighted by Crippen LogP contribution is 2.47. The van der Waals surface area contributed by atoms with Gasteiger partial charge in [0.25, 0.3) is 6.43 Å². The molecule has 3 rings (SSSR count). The zero-order valence-electron chi connectivity index (χ0n) is 14.9. The Bertz CT molecular complexity index is 913. The Morgan fingerprint density at radius 2 is 1.93 bits per heavy atom. The molecule has 0 spiro atoms. The summed E-state index contributed by atoms with van der Waals surface area (Å²) in [6.45, 7) is 1.25. The second-order valence-corrected chi connectivity index (χ2v) is 7.72. The second kappa shape index (κ2) is 7.37. The third-order valence-electron chi connectivity index (χ3n) is 4.87. The minimum absolute atomic E-state index is 0.133. The largest absolute Gasteiger partial charge is 0.385 e. The first-order valence-corrected chi connectivity index (χ1v) is 8.98. The quantitative estimate of drug-likeness (QED) is 0.655. The Hall–Kier alpha value is -2.12. The molecule has 1 aliphatic rings. The van der Waals surface area contributed by atoms with Crippen LogP contribution in [0.5, 0.6) is 0 Å². The van der Waals surface area contributed by atoms with Gasteiger partial charge in [-0.05, 0) is 49.6 Å². The van der Waals surface area contributed by atoms with Crippen LogP contribution in [0.3, 0.4) is 0 Å². The lowest BCUT2D eigenvalue weighted by atomic mass is 9.91. The minimum Gasteiger partial charge on any atom is -0.385 e. The van der Waals surface area contributed by atoms with Crippen LogP contribution in [-0.2, 0) is 15.9 Å². The van der Waals surface area contributed by atoms with E-state index >= 15 is 0 Å². The number of benzene rings is 2. The molecule has 2 N–H and O–H groups in total. The van der Waals surface area contributed by atoms with Gasteiger partial charge < -0.3 is 10.4 Å². The summed E-state index contributed by atoms with van der Waals surface area (Å²) in [5.41, 5.74) is -2.72. The molecule has 1 saturated carbocycles. The number of carbonyl (C=O) groups excluding carboxylic acids is 1. The van der Waals surface area contributed by atoms with Gasteiger partial charge in [-0.2, -0.15) is 0 Å². The zero-order chi connectivity index (χ0) is 20.7. The highest BCUT2D eigenvalue weighted by molar-refractivity contribution is 6.30. The first-order chi connectivity index (χ1) is 13.0. The van der Waals surface area contributed by atoms with Crippen molar-refractivity contribution in [3.8, 4) is 0 Å². The molecule has 0 radical (unpaired) electrons. The molecular weight excluding hydrogens is 398 g/mol. The summed E-state index contributed by atoms with van der Waals surface area (Å²) < 4.78 is 53.1. The average Bonchev–Trinajstić information content (AvgIpc) is 3.33. The highest BCUT2D eigenvalue weighted by Gasteiger charge is 2.47. The fourth-order valence-electron chi connectivity index (χ4n) is 3.27. The molecule has 2 aromatic carbocycles. The van der Waals surface area contributed by atoms with Crippen molar-refractivity contribution in [3.63, 3.8) is 0 Å². The van der Waals surface area contributed by atoms with Gasteiger partial charge >= 0.3 is 0 Å². The number of carbonyl (C=O) groups is 1. The van der Waals surface area contributed by atoms with Gasteiger partial charge in [-0.25, -0.2) is 17.6 Å². The molecule has 3 nitrogen and oxygen atoms in total. The predicted molar refractivity (Wildman–Crippen MR) is 96.0 cm³/mol. The Kier molecular flexibility index (Phi) is 5.42. The van der Waals surface area contributed by atoms with E-state index in [1.54, 1.807) is 0 Å². The van der Waals surface area contributed by atoms with E-state index in [0.717, 1.165) is 18.2 Å². The molecule has 1 fully saturated rings. The number of alkyl halides is 2. The topological polar surface area (TPSA) is 49.3 Å². The van der Waals surface area contributed by atoms with Crippen LogP contribution >= 0.6 is 11.6 Å². The van der Waals surface area contributed by atoms with E-state index < -0.39 is 41.5 Å². The number of hydrogen-bond donors (Lipinski definition) is 2. The van der Waals surface area contributed by atoms with Crippen LogP contribution in [0.15, 0.2) is 36.4 Å². The number of rotatable bonds is 6. The summed E-state index contributed by atoms with van der Waals surface area (Å²) in [6, 6.07) is 6.67. The van der Waals surface area contributed by atoms with E-state index in [-0.39, 0.29) is 16.1 Å². The zero-order valence-corrected chi connectivity index (χ0v) is 15.7. The summed E-state index contributed by atoms with van der Waals surface area (Å²) in [6.07, 6.45) is -2.14. The third kappa shape index (κ3) is 4.31. The summed E-state index contributed by atoms with van der Waals surface area (Å²) in [5.74, 6) is -2.35. The van der Waals surface area contributed by atoms with Crippen LogP contribution in [0.1, 0.15) is 49.3 Å². The fourth-order valence-corrected chi connectivity index (χ4v) is 3.51. The van der Waals surface area contributed by atoms with Crippen LogP contribution < -0.4 is 5.32 Å². The van der Waals surface area contributed by atoms with Gasteiger partial charge in [0.2, 0.25) is 5.91 Å². The van der Waals surface area contributed by atoms with Crippen molar-refractivity contribution in [2.24, 2.45) is 0 Å². The minimum atomic E-state index is -2.70. The van der Waals surface area contributed by atoms with Crippen molar-refractivity contribution in [2.75, 3.05) is 0 Å². The Balaban J connectivity index is 1.77. The van der Waals surface area contributed by atoms with Gasteiger partial charge in [-0.15, -0.1) is 0 Å². The first kappa shape index (κ1) is 20.6. The molecule has 150 valence electrons. The average molecular weight is 416 g/mol. The van der Waals surface area contributed by atoms with Gasteiger partial charge in [-0.1, -0.05) is 17.7 Å². The van der Waals surface area contributed by atoms with E-state index in [1.807, 2.05) is 0 Å². The van der Waals surface area contributed by atoms with Gasteiger partial charge in [0.1, 0.15) is 11.6 Å². The SMILES string of the molecule is C[C@](O)(CC(=O)NC1(c2cc(Cl)cc(C(F)F)c2)CC1)c1ccc(F)cc1F. The molecule has 0 heterocycles. The first-order valence-electron chi connectivity index (χ1n) is 8.60. The molecule has 1 aliphatic carbocycles. The number of amides is 1. The molecule has 0 aliphatic heterocycles. The van der Waals surface area contributed by atoms with Gasteiger partial charge in [-0.3, -0.25) is 4.79 Å². The second-order valence-electron chi connectivity index (χ2n) is 7.28. The van der Waals surface area contributed by atoms with E-state index in [2.05, 4.69) is 5.32 Å². The molecule has 8 heteroatoms. The van der Waals surface area contributed by atoms with Gasteiger partial charge in [0.05, 0.1) is 17.6 Å². The summed E-state index contributed by atoms with van der Waals surface area (Å²) in [5, 5.41) is 13.4. The van der Waals surface area contributed by atoms with Crippen molar-refractivity contribution in [2.45, 2.75) is 43.8 Å². The molecule has 0 saturated heterocycles. The van der Waals surface area contributed by atoms with Crippen LogP contribution in [0.4, 0.5) is 17.6 Å². The van der Waals surface area contributed by atoms with Crippen molar-refractivity contribution in [3.05, 3.63) is 69.7 Å². The molecule has 1 atom stereocenters. The van der Waals surface area contributed by atoms with Crippen molar-refractivity contribution < 1.29 is 27.5 Å². The van der Waals surface area contributed by atoms with Gasteiger partial charge in [0.15, 0.2) is 0 Å². The monoisotopic (exact) mass is 415 g/mol. The van der Waals surface area contributed by atoms with Crippen LogP contribution in [-0.4, -0.2) is 11.0 Å². The van der Waals surface area contributed by atoms with E-state index in [9.17, 15) is 27.5 Å². The maximum Gasteiger partial charge on any atom is 0.263 e. The summed E-state index contributed by atoms with van der Waals surface area (Å²) >= 11 is 5.92. The van der Waals surface area contributed by atoms with E-state index in [1.165, 1.54) is 19.1 Å². The van der Waals surface area contributed by atoms with Crippen LogP contribution in [0.2, 0.25) is 5.02 Å². The van der Waals surface area contributed by atoms with E-state index in [0.29, 0.717) is 24.5 Å². The fraction of sp³-hybridized carbons (Fsp3) is 0.350. The standard InChI is InChI=1S/C20H18ClF4NO2/c1-19(28,15-3-2-14(22)9-16(15)23)10-17(27)26-20(4-5-20)12-6-11(18(24)25)7-13(21)8-12/h2-3,6-9,18,28H,4-5,10H2,1H3,(H,26,27)/t19-/m0/s1. The number of aliphatic hydroxyl groups is 1. The smallest absolute Gasteiger partial charge is 0.263 e. The Morgan fingerprint density at radius 3 is 2.50 bits per heavy atom. The lowest BCUT2D eigenvalue weighted by Gasteiger charge is -2.26. The van der Waals surface area contributed by atoms with Crippen molar-refractivity contribution >= 4 is 17.5 Å². The molecule has 28 heavy (non-hydrogen) atoms. The van der Waals surface area contributed by atoms with E-state index in [4.69, 9.17) is 11.6 Å². The lowest BCUT2D eigenvalue weighted by Crippen LogP contribution is -2.39. The molecular formula is C20H18ClF4NO2. The third-order valence-corrected chi connectivity index (χ3v) is 5.09. The Morgan fingerprint density at radius 1 is 1.25 bits per heavy atom. The lowest BCUT2D eigenvalue weighted by molar-refractivity contribution is -0.127. The van der Waals surface area contributed by atoms with Gasteiger partial charge in [0, 0.05) is 22.2 Å². The summed E-state index contributed by atoms with van der Waals surface area (Å²) in [4.78, 5) is 12.5. The van der Waals surface area contributed by atoms with Crippen molar-refractivity contribution in [1.29, 1.82) is 0 Å².